The topological polar surface area (TPSA) is 38.1 Å². The largest absolute Gasteiger partial charge is 0.300 e. The van der Waals surface area contributed by atoms with Crippen LogP contribution in [-0.4, -0.2) is 33.8 Å². The monoisotopic (exact) mass is 273 g/mol. The van der Waals surface area contributed by atoms with Gasteiger partial charge in [-0.2, -0.15) is 5.10 Å². The summed E-state index contributed by atoms with van der Waals surface area (Å²) in [6.07, 6.45) is 8.03. The molecule has 1 aliphatic heterocycles. The van der Waals surface area contributed by atoms with Crippen LogP contribution in [-0.2, 0) is 6.54 Å². The lowest BCUT2D eigenvalue weighted by atomic mass is 9.97. The smallest absolute Gasteiger partial charge is 0.266 e. The van der Waals surface area contributed by atoms with Crippen LogP contribution < -0.4 is 5.56 Å². The number of hydrogen-bond donors (Lipinski definition) is 0. The summed E-state index contributed by atoms with van der Waals surface area (Å²) >= 11 is 0. The minimum atomic E-state index is 0.0636. The van der Waals surface area contributed by atoms with Gasteiger partial charge in [-0.25, -0.2) is 4.68 Å². The zero-order valence-electron chi connectivity index (χ0n) is 12.0. The van der Waals surface area contributed by atoms with Gasteiger partial charge in [0.15, 0.2) is 0 Å². The summed E-state index contributed by atoms with van der Waals surface area (Å²) < 4.78 is 1.71. The molecule has 2 aliphatic carbocycles. The average molecular weight is 273 g/mol. The lowest BCUT2D eigenvalue weighted by Crippen LogP contribution is -2.53. The van der Waals surface area contributed by atoms with Gasteiger partial charge in [-0.15, -0.1) is 0 Å². The van der Waals surface area contributed by atoms with Crippen LogP contribution in [0.3, 0.4) is 0 Å². The van der Waals surface area contributed by atoms with E-state index in [0.717, 1.165) is 31.4 Å². The molecule has 0 N–H and O–H groups in total. The fourth-order valence-corrected chi connectivity index (χ4v) is 3.73. The van der Waals surface area contributed by atoms with E-state index in [4.69, 9.17) is 0 Å². The van der Waals surface area contributed by atoms with E-state index in [1.165, 1.54) is 38.5 Å². The van der Waals surface area contributed by atoms with E-state index in [9.17, 15) is 4.79 Å². The Balaban J connectivity index is 1.37. The van der Waals surface area contributed by atoms with E-state index in [2.05, 4.69) is 10.00 Å². The fraction of sp³-hybridized carbons (Fsp3) is 0.750. The SMILES string of the molecule is O=c1ccc(C2CC2)nn1CC1CN(C2CCCC2)C1. The minimum Gasteiger partial charge on any atom is -0.300 e. The van der Waals surface area contributed by atoms with Gasteiger partial charge in [0.1, 0.15) is 0 Å². The molecule has 0 atom stereocenters. The highest BCUT2D eigenvalue weighted by Crippen LogP contribution is 2.38. The molecule has 2 heterocycles. The van der Waals surface area contributed by atoms with Crippen LogP contribution >= 0.6 is 0 Å². The quantitative estimate of drug-likeness (QED) is 0.842. The van der Waals surface area contributed by atoms with Crippen molar-refractivity contribution in [2.24, 2.45) is 5.92 Å². The maximum atomic E-state index is 11.9. The molecule has 2 saturated carbocycles. The minimum absolute atomic E-state index is 0.0636. The molecule has 0 radical (unpaired) electrons. The molecule has 4 nitrogen and oxygen atoms in total. The molecule has 108 valence electrons. The van der Waals surface area contributed by atoms with Crippen molar-refractivity contribution in [3.63, 3.8) is 0 Å². The fourth-order valence-electron chi connectivity index (χ4n) is 3.73. The zero-order chi connectivity index (χ0) is 13.5. The van der Waals surface area contributed by atoms with Crippen molar-refractivity contribution in [1.82, 2.24) is 14.7 Å². The van der Waals surface area contributed by atoms with Crippen molar-refractivity contribution in [3.8, 4) is 0 Å². The molecule has 0 aromatic carbocycles. The van der Waals surface area contributed by atoms with Crippen LogP contribution in [0, 0.1) is 5.92 Å². The second kappa shape index (κ2) is 4.99. The molecule has 0 unspecified atom stereocenters. The van der Waals surface area contributed by atoms with E-state index in [-0.39, 0.29) is 5.56 Å². The molecule has 0 bridgehead atoms. The number of nitrogens with zero attached hydrogens (tertiary/aromatic N) is 3. The Morgan fingerprint density at radius 1 is 1.10 bits per heavy atom. The summed E-state index contributed by atoms with van der Waals surface area (Å²) in [6.45, 7) is 3.13. The summed E-state index contributed by atoms with van der Waals surface area (Å²) in [5.41, 5.74) is 1.19. The van der Waals surface area contributed by atoms with Gasteiger partial charge in [-0.05, 0) is 31.7 Å². The third-order valence-electron chi connectivity index (χ3n) is 5.14. The molecule has 0 spiro atoms. The number of rotatable bonds is 4. The second-order valence-electron chi connectivity index (χ2n) is 6.81. The van der Waals surface area contributed by atoms with Crippen molar-refractivity contribution in [3.05, 3.63) is 28.2 Å². The van der Waals surface area contributed by atoms with Gasteiger partial charge in [0.25, 0.3) is 5.56 Å². The van der Waals surface area contributed by atoms with Gasteiger partial charge in [0, 0.05) is 37.0 Å². The van der Waals surface area contributed by atoms with Crippen molar-refractivity contribution in [2.45, 2.75) is 57.0 Å². The zero-order valence-corrected chi connectivity index (χ0v) is 12.0. The number of aromatic nitrogens is 2. The first-order valence-corrected chi connectivity index (χ1v) is 8.12. The van der Waals surface area contributed by atoms with E-state index >= 15 is 0 Å². The average Bonchev–Trinajstić information content (AvgIpc) is 3.11. The van der Waals surface area contributed by atoms with Gasteiger partial charge in [-0.3, -0.25) is 9.69 Å². The van der Waals surface area contributed by atoms with E-state index in [1.54, 1.807) is 10.7 Å². The number of likely N-dealkylation sites (tertiary alicyclic amines) is 1. The molecular formula is C16H23N3O. The number of hydrogen-bond acceptors (Lipinski definition) is 3. The van der Waals surface area contributed by atoms with Gasteiger partial charge in [0.05, 0.1) is 12.2 Å². The van der Waals surface area contributed by atoms with Crippen LogP contribution in [0.5, 0.6) is 0 Å². The molecule has 1 aromatic rings. The van der Waals surface area contributed by atoms with Crippen LogP contribution in [0.2, 0.25) is 0 Å². The highest BCUT2D eigenvalue weighted by Gasteiger charge is 2.34. The van der Waals surface area contributed by atoms with Gasteiger partial charge in [0.2, 0.25) is 0 Å². The first kappa shape index (κ1) is 12.6. The summed E-state index contributed by atoms with van der Waals surface area (Å²) in [5.74, 6) is 1.24. The van der Waals surface area contributed by atoms with Crippen molar-refractivity contribution < 1.29 is 0 Å². The van der Waals surface area contributed by atoms with Crippen molar-refractivity contribution in [2.75, 3.05) is 13.1 Å². The Morgan fingerprint density at radius 2 is 1.85 bits per heavy atom. The van der Waals surface area contributed by atoms with E-state index < -0.39 is 0 Å². The Morgan fingerprint density at radius 3 is 2.55 bits per heavy atom. The van der Waals surface area contributed by atoms with Gasteiger partial charge < -0.3 is 0 Å². The summed E-state index contributed by atoms with van der Waals surface area (Å²) in [6, 6.07) is 4.45. The molecule has 4 rings (SSSR count). The third kappa shape index (κ3) is 2.41. The molecule has 3 aliphatic rings. The van der Waals surface area contributed by atoms with Crippen LogP contribution in [0.25, 0.3) is 0 Å². The van der Waals surface area contributed by atoms with Gasteiger partial charge in [-0.1, -0.05) is 12.8 Å². The van der Waals surface area contributed by atoms with E-state index in [1.807, 2.05) is 6.07 Å². The van der Waals surface area contributed by atoms with Crippen molar-refractivity contribution >= 4 is 0 Å². The Kier molecular flexibility index (Phi) is 3.14. The van der Waals surface area contributed by atoms with Gasteiger partial charge >= 0.3 is 0 Å². The Bertz CT molecular complexity index is 537. The maximum Gasteiger partial charge on any atom is 0.266 e. The predicted octanol–water partition coefficient (Wildman–Crippen LogP) is 2.00. The molecule has 0 amide bonds. The summed E-state index contributed by atoms with van der Waals surface area (Å²) in [4.78, 5) is 14.5. The predicted molar refractivity (Wildman–Crippen MR) is 77.8 cm³/mol. The van der Waals surface area contributed by atoms with E-state index in [0.29, 0.717) is 11.8 Å². The summed E-state index contributed by atoms with van der Waals surface area (Å²) in [7, 11) is 0. The standard InChI is InChI=1S/C16H23N3O/c20-16-8-7-15(13-5-6-13)17-19(16)11-12-9-18(10-12)14-3-1-2-4-14/h7-8,12-14H,1-6,9-11H2. The maximum absolute atomic E-state index is 11.9. The first-order valence-electron chi connectivity index (χ1n) is 8.12. The molecular weight excluding hydrogens is 250 g/mol. The van der Waals surface area contributed by atoms with Crippen LogP contribution in [0.4, 0.5) is 0 Å². The second-order valence-corrected chi connectivity index (χ2v) is 6.81. The first-order chi connectivity index (χ1) is 9.79. The molecule has 1 aromatic heterocycles. The molecule has 3 fully saturated rings. The highest BCUT2D eigenvalue weighted by molar-refractivity contribution is 5.12. The van der Waals surface area contributed by atoms with Crippen LogP contribution in [0.1, 0.15) is 50.1 Å². The molecule has 20 heavy (non-hydrogen) atoms. The molecule has 1 saturated heterocycles. The Labute approximate surface area is 119 Å². The Hall–Kier alpha value is -1.16. The van der Waals surface area contributed by atoms with Crippen LogP contribution in [0.15, 0.2) is 16.9 Å². The summed E-state index contributed by atoms with van der Waals surface area (Å²) in [5, 5.41) is 4.56. The lowest BCUT2D eigenvalue weighted by Gasteiger charge is -2.43. The normalized spacial score (nSPS) is 25.0. The third-order valence-corrected chi connectivity index (χ3v) is 5.14. The highest BCUT2D eigenvalue weighted by atomic mass is 16.1. The lowest BCUT2D eigenvalue weighted by molar-refractivity contribution is 0.0429. The molecule has 4 heteroatoms. The van der Waals surface area contributed by atoms with Crippen molar-refractivity contribution in [1.29, 1.82) is 0 Å².